The fourth-order valence-corrected chi connectivity index (χ4v) is 1.49. The maximum absolute atomic E-state index is 5.47. The van der Waals surface area contributed by atoms with Crippen molar-refractivity contribution in [2.45, 2.75) is 32.2 Å². The van der Waals surface area contributed by atoms with Gasteiger partial charge < -0.3 is 14.2 Å². The zero-order chi connectivity index (χ0) is 12.9. The topological polar surface area (TPSA) is 53.5 Å². The molecule has 1 aromatic heterocycles. The number of methoxy groups -OCH3 is 3. The first-order valence-electron chi connectivity index (χ1n) is 5.55. The van der Waals surface area contributed by atoms with Gasteiger partial charge in [0.05, 0.1) is 0 Å². The molecule has 0 aromatic carbocycles. The highest BCUT2D eigenvalue weighted by atomic mass is 16.7. The molecule has 17 heavy (non-hydrogen) atoms. The van der Waals surface area contributed by atoms with Gasteiger partial charge in [-0.05, 0) is 19.4 Å². The fraction of sp³-hybridized carbons (Fsp3) is 0.667. The van der Waals surface area contributed by atoms with Gasteiger partial charge in [-0.3, -0.25) is 0 Å². The molecule has 0 bridgehead atoms. The Kier molecular flexibility index (Phi) is 4.99. The summed E-state index contributed by atoms with van der Waals surface area (Å²) in [7, 11) is 4.81. The van der Waals surface area contributed by atoms with Gasteiger partial charge in [0.25, 0.3) is 0 Å². The maximum Gasteiger partial charge on any atom is 0.200 e. The lowest BCUT2D eigenvalue weighted by atomic mass is 10.0. The normalized spacial score (nSPS) is 14.9. The largest absolute Gasteiger partial charge is 0.371 e. The molecule has 1 rings (SSSR count). The first kappa shape index (κ1) is 14.0. The summed E-state index contributed by atoms with van der Waals surface area (Å²) in [5, 5.41) is 0. The van der Waals surface area contributed by atoms with Crippen molar-refractivity contribution >= 4 is 0 Å². The molecular weight excluding hydrogens is 220 g/mol. The Morgan fingerprint density at radius 3 is 2.41 bits per heavy atom. The zero-order valence-electron chi connectivity index (χ0n) is 11.1. The van der Waals surface area contributed by atoms with Crippen molar-refractivity contribution in [2.24, 2.45) is 0 Å². The summed E-state index contributed by atoms with van der Waals surface area (Å²) in [4.78, 5) is 8.70. The predicted molar refractivity (Wildman–Crippen MR) is 63.4 cm³/mol. The van der Waals surface area contributed by atoms with Crippen LogP contribution in [0.3, 0.4) is 0 Å². The number of rotatable bonds is 6. The summed E-state index contributed by atoms with van der Waals surface area (Å²) < 4.78 is 15.8. The van der Waals surface area contributed by atoms with Crippen molar-refractivity contribution < 1.29 is 14.2 Å². The van der Waals surface area contributed by atoms with E-state index in [-0.39, 0.29) is 0 Å². The van der Waals surface area contributed by atoms with Crippen molar-refractivity contribution in [2.75, 3.05) is 21.3 Å². The van der Waals surface area contributed by atoms with Crippen molar-refractivity contribution in [1.29, 1.82) is 0 Å². The van der Waals surface area contributed by atoms with E-state index >= 15 is 0 Å². The number of nitrogens with zero attached hydrogens (tertiary/aromatic N) is 2. The molecule has 0 aliphatic carbocycles. The van der Waals surface area contributed by atoms with E-state index in [0.29, 0.717) is 11.5 Å². The third-order valence-electron chi connectivity index (χ3n) is 2.94. The monoisotopic (exact) mass is 240 g/mol. The zero-order valence-corrected chi connectivity index (χ0v) is 11.1. The number of ether oxygens (including phenoxy) is 3. The van der Waals surface area contributed by atoms with Gasteiger partial charge in [0.2, 0.25) is 6.29 Å². The average Bonchev–Trinajstić information content (AvgIpc) is 2.39. The molecule has 5 nitrogen and oxygen atoms in total. The third kappa shape index (κ3) is 3.00. The molecule has 1 heterocycles. The first-order valence-corrected chi connectivity index (χ1v) is 5.55. The Morgan fingerprint density at radius 1 is 1.29 bits per heavy atom. The lowest BCUT2D eigenvalue weighted by Crippen LogP contribution is -2.27. The van der Waals surface area contributed by atoms with Gasteiger partial charge in [-0.25, -0.2) is 9.97 Å². The van der Waals surface area contributed by atoms with E-state index in [9.17, 15) is 0 Å². The van der Waals surface area contributed by atoms with Crippen LogP contribution in [-0.2, 0) is 19.8 Å². The second-order valence-corrected chi connectivity index (χ2v) is 3.90. The van der Waals surface area contributed by atoms with E-state index in [1.54, 1.807) is 33.6 Å². The van der Waals surface area contributed by atoms with Crippen LogP contribution < -0.4 is 0 Å². The Bertz CT molecular complexity index is 349. The molecule has 0 aliphatic rings. The molecule has 0 saturated carbocycles. The van der Waals surface area contributed by atoms with Gasteiger partial charge in [-0.1, -0.05) is 6.92 Å². The van der Waals surface area contributed by atoms with Crippen LogP contribution in [0.25, 0.3) is 0 Å². The Labute approximate surface area is 102 Å². The van der Waals surface area contributed by atoms with Crippen molar-refractivity contribution in [1.82, 2.24) is 9.97 Å². The molecule has 1 atom stereocenters. The van der Waals surface area contributed by atoms with Gasteiger partial charge in [-0.15, -0.1) is 0 Å². The predicted octanol–water partition coefficient (Wildman–Crippen LogP) is 2.04. The molecule has 1 aromatic rings. The fourth-order valence-electron chi connectivity index (χ4n) is 1.49. The lowest BCUT2D eigenvalue weighted by molar-refractivity contribution is -0.109. The van der Waals surface area contributed by atoms with Crippen molar-refractivity contribution in [3.63, 3.8) is 0 Å². The van der Waals surface area contributed by atoms with Crippen molar-refractivity contribution in [3.8, 4) is 0 Å². The van der Waals surface area contributed by atoms with E-state index in [4.69, 9.17) is 14.2 Å². The number of hydrogen-bond acceptors (Lipinski definition) is 5. The summed E-state index contributed by atoms with van der Waals surface area (Å²) in [5.74, 6) is 0.638. The summed E-state index contributed by atoms with van der Waals surface area (Å²) in [6.07, 6.45) is 2.00. The second-order valence-electron chi connectivity index (χ2n) is 3.90. The minimum Gasteiger partial charge on any atom is -0.371 e. The van der Waals surface area contributed by atoms with Crippen LogP contribution >= 0.6 is 0 Å². The molecular formula is C12H20N2O3. The highest BCUT2D eigenvalue weighted by molar-refractivity contribution is 5.08. The summed E-state index contributed by atoms with van der Waals surface area (Å²) in [6.45, 7) is 3.99. The highest BCUT2D eigenvalue weighted by Crippen LogP contribution is 2.26. The van der Waals surface area contributed by atoms with Crippen LogP contribution in [0.1, 0.15) is 38.1 Å². The van der Waals surface area contributed by atoms with Gasteiger partial charge in [-0.2, -0.15) is 0 Å². The molecule has 0 N–H and O–H groups in total. The van der Waals surface area contributed by atoms with Crippen LogP contribution in [0, 0.1) is 0 Å². The minimum atomic E-state index is -0.484. The SMILES string of the molecule is CCC(C)(OC)c1nccc(C(OC)OC)n1. The number of aromatic nitrogens is 2. The molecule has 0 amide bonds. The van der Waals surface area contributed by atoms with Crippen LogP contribution in [0.5, 0.6) is 0 Å². The van der Waals surface area contributed by atoms with Gasteiger partial charge in [0.1, 0.15) is 11.3 Å². The standard InChI is InChI=1S/C12H20N2O3/c1-6-12(2,17-5)11-13-8-7-9(14-11)10(15-3)16-4/h7-8,10H,6H2,1-5H3. The maximum atomic E-state index is 5.47. The average molecular weight is 240 g/mol. The third-order valence-corrected chi connectivity index (χ3v) is 2.94. The smallest absolute Gasteiger partial charge is 0.200 e. The molecule has 0 saturated heterocycles. The molecule has 0 spiro atoms. The van der Waals surface area contributed by atoms with Gasteiger partial charge in [0.15, 0.2) is 5.82 Å². The quantitative estimate of drug-likeness (QED) is 0.712. The van der Waals surface area contributed by atoms with Crippen LogP contribution in [0.15, 0.2) is 12.3 Å². The van der Waals surface area contributed by atoms with E-state index < -0.39 is 11.9 Å². The molecule has 5 heteroatoms. The summed E-state index contributed by atoms with van der Waals surface area (Å²) in [5.41, 5.74) is 0.207. The van der Waals surface area contributed by atoms with E-state index in [1.807, 2.05) is 13.8 Å². The Hall–Kier alpha value is -1.04. The van der Waals surface area contributed by atoms with Crippen LogP contribution in [0.4, 0.5) is 0 Å². The highest BCUT2D eigenvalue weighted by Gasteiger charge is 2.28. The lowest BCUT2D eigenvalue weighted by Gasteiger charge is -2.25. The summed E-state index contributed by atoms with van der Waals surface area (Å²) >= 11 is 0. The van der Waals surface area contributed by atoms with Crippen LogP contribution in [-0.4, -0.2) is 31.3 Å². The van der Waals surface area contributed by atoms with E-state index in [1.165, 1.54) is 0 Å². The molecule has 0 aliphatic heterocycles. The molecule has 96 valence electrons. The van der Waals surface area contributed by atoms with Crippen LogP contribution in [0.2, 0.25) is 0 Å². The van der Waals surface area contributed by atoms with E-state index in [0.717, 1.165) is 6.42 Å². The van der Waals surface area contributed by atoms with Gasteiger partial charge >= 0.3 is 0 Å². The minimum absolute atomic E-state index is 0.477. The van der Waals surface area contributed by atoms with Gasteiger partial charge in [0, 0.05) is 27.5 Å². The molecule has 0 radical (unpaired) electrons. The van der Waals surface area contributed by atoms with Crippen molar-refractivity contribution in [3.05, 3.63) is 23.8 Å². The second kappa shape index (κ2) is 6.05. The summed E-state index contributed by atoms with van der Waals surface area (Å²) in [6, 6.07) is 1.77. The first-order chi connectivity index (χ1) is 8.11. The molecule has 1 unspecified atom stereocenters. The number of hydrogen-bond donors (Lipinski definition) is 0. The van der Waals surface area contributed by atoms with E-state index in [2.05, 4.69) is 9.97 Å². The Morgan fingerprint density at radius 2 is 1.94 bits per heavy atom. The molecule has 0 fully saturated rings. The Balaban J connectivity index is 3.08.